The van der Waals surface area contributed by atoms with Gasteiger partial charge in [0.1, 0.15) is 0 Å². The molecule has 0 aliphatic carbocycles. The predicted molar refractivity (Wildman–Crippen MR) is 124 cm³/mol. The summed E-state index contributed by atoms with van der Waals surface area (Å²) in [5.74, 6) is 0.0417. The van der Waals surface area contributed by atoms with Gasteiger partial charge in [0.25, 0.3) is 5.91 Å². The van der Waals surface area contributed by atoms with Crippen LogP contribution in [0.1, 0.15) is 35.0 Å². The lowest BCUT2D eigenvalue weighted by molar-refractivity contribution is 0.102. The molecule has 0 radical (unpaired) electrons. The Hall–Kier alpha value is -2.55. The molecule has 0 bridgehead atoms. The van der Waals surface area contributed by atoms with Gasteiger partial charge in [-0.3, -0.25) is 10.1 Å². The van der Waals surface area contributed by atoms with Crippen molar-refractivity contribution in [3.05, 3.63) is 65.0 Å². The highest BCUT2D eigenvalue weighted by atomic mass is 32.2. The Morgan fingerprint density at radius 3 is 2.52 bits per heavy atom. The molecule has 1 unspecified atom stereocenters. The largest absolute Gasteiger partial charge is 0.298 e. The van der Waals surface area contributed by atoms with E-state index in [1.54, 1.807) is 16.4 Å². The summed E-state index contributed by atoms with van der Waals surface area (Å²) in [6, 6.07) is 15.9. The molecule has 1 amide bonds. The number of rotatable bonds is 5. The van der Waals surface area contributed by atoms with Gasteiger partial charge in [0.15, 0.2) is 5.13 Å². The Morgan fingerprint density at radius 2 is 1.84 bits per heavy atom. The van der Waals surface area contributed by atoms with E-state index >= 15 is 0 Å². The molecule has 162 valence electrons. The van der Waals surface area contributed by atoms with Crippen LogP contribution in [-0.4, -0.2) is 36.7 Å². The number of nitrogens with zero attached hydrogens (tertiary/aromatic N) is 2. The van der Waals surface area contributed by atoms with Crippen molar-refractivity contribution >= 4 is 32.4 Å². The van der Waals surface area contributed by atoms with Gasteiger partial charge in [0, 0.05) is 29.1 Å². The minimum absolute atomic E-state index is 0.217. The minimum atomic E-state index is -3.54. The van der Waals surface area contributed by atoms with Gasteiger partial charge in [0.05, 0.1) is 10.6 Å². The first-order chi connectivity index (χ1) is 14.8. The molecule has 0 spiro atoms. The maximum atomic E-state index is 12.9. The number of anilines is 1. The summed E-state index contributed by atoms with van der Waals surface area (Å²) in [6.45, 7) is 5.12. The van der Waals surface area contributed by atoms with Crippen molar-refractivity contribution in [2.45, 2.75) is 31.6 Å². The van der Waals surface area contributed by atoms with Crippen molar-refractivity contribution in [1.82, 2.24) is 9.29 Å². The van der Waals surface area contributed by atoms with E-state index in [4.69, 9.17) is 0 Å². The van der Waals surface area contributed by atoms with Crippen molar-refractivity contribution in [2.75, 3.05) is 18.4 Å². The fraction of sp³-hybridized carbons (Fsp3) is 0.304. The zero-order valence-corrected chi connectivity index (χ0v) is 19.2. The van der Waals surface area contributed by atoms with E-state index < -0.39 is 10.0 Å². The molecule has 1 aliphatic rings. The van der Waals surface area contributed by atoms with E-state index in [0.29, 0.717) is 29.7 Å². The Kier molecular flexibility index (Phi) is 6.22. The number of nitrogens with one attached hydrogen (secondary N) is 1. The average molecular weight is 456 g/mol. The molecule has 1 aliphatic heterocycles. The second-order valence-corrected chi connectivity index (χ2v) is 11.0. The molecular weight excluding hydrogens is 430 g/mol. The van der Waals surface area contributed by atoms with Gasteiger partial charge in [-0.05, 0) is 49.9 Å². The third-order valence-corrected chi connectivity index (χ3v) is 8.20. The molecule has 8 heteroatoms. The van der Waals surface area contributed by atoms with Crippen molar-refractivity contribution in [2.24, 2.45) is 5.92 Å². The van der Waals surface area contributed by atoms with Gasteiger partial charge in [0.2, 0.25) is 10.0 Å². The summed E-state index contributed by atoms with van der Waals surface area (Å²) in [5, 5.41) is 3.34. The molecule has 3 aromatic rings. The van der Waals surface area contributed by atoms with Gasteiger partial charge in [-0.1, -0.05) is 37.3 Å². The molecule has 4 rings (SSSR count). The number of amides is 1. The van der Waals surface area contributed by atoms with Crippen LogP contribution in [0.25, 0.3) is 11.3 Å². The molecular formula is C23H25N3O3S2. The summed E-state index contributed by atoms with van der Waals surface area (Å²) in [6.07, 6.45) is 1.92. The van der Waals surface area contributed by atoms with Crippen molar-refractivity contribution in [3.8, 4) is 11.3 Å². The highest BCUT2D eigenvalue weighted by molar-refractivity contribution is 7.89. The third-order valence-electron chi connectivity index (χ3n) is 5.44. The van der Waals surface area contributed by atoms with E-state index in [1.165, 1.54) is 23.5 Å². The molecule has 6 nitrogen and oxygen atoms in total. The van der Waals surface area contributed by atoms with Crippen molar-refractivity contribution in [1.29, 1.82) is 0 Å². The number of aryl methyl sites for hydroxylation is 1. The summed E-state index contributed by atoms with van der Waals surface area (Å²) in [7, 11) is -3.54. The molecule has 1 atom stereocenters. The Morgan fingerprint density at radius 1 is 1.13 bits per heavy atom. The Labute approximate surface area is 187 Å². The predicted octanol–water partition coefficient (Wildman–Crippen LogP) is 4.79. The van der Waals surface area contributed by atoms with Crippen LogP contribution in [0.15, 0.2) is 59.5 Å². The van der Waals surface area contributed by atoms with E-state index in [-0.39, 0.29) is 10.8 Å². The van der Waals surface area contributed by atoms with E-state index in [0.717, 1.165) is 29.0 Å². The van der Waals surface area contributed by atoms with Gasteiger partial charge in [-0.2, -0.15) is 4.31 Å². The summed E-state index contributed by atoms with van der Waals surface area (Å²) in [5.41, 5.74) is 2.23. The van der Waals surface area contributed by atoms with Gasteiger partial charge in [-0.15, -0.1) is 11.3 Å². The van der Waals surface area contributed by atoms with Gasteiger partial charge >= 0.3 is 0 Å². The van der Waals surface area contributed by atoms with Crippen molar-refractivity contribution in [3.63, 3.8) is 0 Å². The smallest absolute Gasteiger partial charge is 0.257 e. The molecule has 1 saturated heterocycles. The summed E-state index contributed by atoms with van der Waals surface area (Å²) in [4.78, 5) is 18.5. The minimum Gasteiger partial charge on any atom is -0.298 e. The van der Waals surface area contributed by atoms with Crippen LogP contribution in [-0.2, 0) is 10.0 Å². The third kappa shape index (κ3) is 4.71. The van der Waals surface area contributed by atoms with E-state index in [2.05, 4.69) is 17.2 Å². The highest BCUT2D eigenvalue weighted by Gasteiger charge is 2.28. The average Bonchev–Trinajstić information content (AvgIpc) is 3.14. The monoisotopic (exact) mass is 455 g/mol. The van der Waals surface area contributed by atoms with Crippen LogP contribution in [0.5, 0.6) is 0 Å². The van der Waals surface area contributed by atoms with Crippen LogP contribution in [0.4, 0.5) is 5.13 Å². The van der Waals surface area contributed by atoms with E-state index in [9.17, 15) is 13.2 Å². The van der Waals surface area contributed by atoms with Crippen LogP contribution in [0.2, 0.25) is 0 Å². The number of thiazole rings is 1. The van der Waals surface area contributed by atoms with Gasteiger partial charge < -0.3 is 0 Å². The van der Waals surface area contributed by atoms with Crippen LogP contribution >= 0.6 is 11.3 Å². The number of carbonyl (C=O) groups excluding carboxylic acids is 1. The lowest BCUT2D eigenvalue weighted by atomic mass is 10.0. The normalized spacial score (nSPS) is 17.4. The first kappa shape index (κ1) is 21.7. The molecule has 0 saturated carbocycles. The van der Waals surface area contributed by atoms with Crippen LogP contribution in [0.3, 0.4) is 0 Å². The Balaban J connectivity index is 1.48. The summed E-state index contributed by atoms with van der Waals surface area (Å²) >= 11 is 1.41. The quantitative estimate of drug-likeness (QED) is 0.600. The number of sulfonamides is 1. The number of aromatic nitrogens is 1. The second kappa shape index (κ2) is 8.90. The summed E-state index contributed by atoms with van der Waals surface area (Å²) < 4.78 is 27.3. The molecule has 2 aromatic carbocycles. The fourth-order valence-electron chi connectivity index (χ4n) is 3.77. The van der Waals surface area contributed by atoms with Crippen LogP contribution in [0, 0.1) is 12.8 Å². The molecule has 2 heterocycles. The molecule has 1 N–H and O–H groups in total. The first-order valence-electron chi connectivity index (χ1n) is 10.3. The standard InChI is InChI=1S/C23H25N3O3S2/c1-16-7-6-14-26(15-16)31(28,29)20-12-10-19(11-13-20)22(27)25-23-24-21(17(2)30-23)18-8-4-3-5-9-18/h3-5,8-13,16H,6-7,14-15H2,1-2H3,(H,24,25,27). The van der Waals surface area contributed by atoms with Crippen molar-refractivity contribution < 1.29 is 13.2 Å². The number of hydrogen-bond donors (Lipinski definition) is 1. The lowest BCUT2D eigenvalue weighted by Gasteiger charge is -2.30. The van der Waals surface area contributed by atoms with E-state index in [1.807, 2.05) is 37.3 Å². The molecule has 31 heavy (non-hydrogen) atoms. The number of carbonyl (C=O) groups is 1. The Bertz CT molecular complexity index is 1170. The fourth-order valence-corrected chi connectivity index (χ4v) is 6.20. The highest BCUT2D eigenvalue weighted by Crippen LogP contribution is 2.30. The maximum Gasteiger partial charge on any atom is 0.257 e. The topological polar surface area (TPSA) is 79.4 Å². The molecule has 1 aromatic heterocycles. The maximum absolute atomic E-state index is 12.9. The zero-order valence-electron chi connectivity index (χ0n) is 17.5. The number of hydrogen-bond acceptors (Lipinski definition) is 5. The number of benzene rings is 2. The molecule has 1 fully saturated rings. The second-order valence-electron chi connectivity index (χ2n) is 7.88. The number of piperidine rings is 1. The zero-order chi connectivity index (χ0) is 22.0. The SMILES string of the molecule is Cc1sc(NC(=O)c2ccc(S(=O)(=O)N3CCCC(C)C3)cc2)nc1-c1ccccc1. The van der Waals surface area contributed by atoms with Crippen LogP contribution < -0.4 is 5.32 Å². The first-order valence-corrected chi connectivity index (χ1v) is 12.5. The van der Waals surface area contributed by atoms with Gasteiger partial charge in [-0.25, -0.2) is 13.4 Å². The lowest BCUT2D eigenvalue weighted by Crippen LogP contribution is -2.39.